The van der Waals surface area contributed by atoms with Crippen LogP contribution >= 0.6 is 12.4 Å². The van der Waals surface area contributed by atoms with Crippen LogP contribution in [-0.2, 0) is 0 Å². The number of rotatable bonds is 2. The molecule has 1 aliphatic carbocycles. The summed E-state index contributed by atoms with van der Waals surface area (Å²) in [5.74, 6) is 0.615. The van der Waals surface area contributed by atoms with E-state index in [1.54, 1.807) is 0 Å². The normalized spacial score (nSPS) is 30.8. The summed E-state index contributed by atoms with van der Waals surface area (Å²) in [4.78, 5) is 0. The maximum Gasteiger partial charge on any atom is 0.0228 e. The van der Waals surface area contributed by atoms with E-state index in [4.69, 9.17) is 5.73 Å². The molecule has 0 amide bonds. The maximum absolute atomic E-state index is 6.12. The lowest BCUT2D eigenvalue weighted by Crippen LogP contribution is -2.22. The van der Waals surface area contributed by atoms with Crippen LogP contribution in [-0.4, -0.2) is 5.54 Å². The Balaban J connectivity index is 0.000000845. The molecule has 0 bridgehead atoms. The molecule has 0 aromatic heterocycles. The van der Waals surface area contributed by atoms with Crippen LogP contribution in [0.1, 0.15) is 31.2 Å². The molecular formula is C11H16ClN. The van der Waals surface area contributed by atoms with Gasteiger partial charge in [-0.15, -0.1) is 12.4 Å². The van der Waals surface area contributed by atoms with Crippen molar-refractivity contribution in [2.24, 2.45) is 5.73 Å². The smallest absolute Gasteiger partial charge is 0.0228 e. The molecule has 13 heavy (non-hydrogen) atoms. The van der Waals surface area contributed by atoms with Gasteiger partial charge in [0.1, 0.15) is 0 Å². The Morgan fingerprint density at radius 3 is 2.46 bits per heavy atom. The van der Waals surface area contributed by atoms with Gasteiger partial charge in [-0.25, -0.2) is 0 Å². The van der Waals surface area contributed by atoms with Crippen LogP contribution in [0, 0.1) is 0 Å². The minimum Gasteiger partial charge on any atom is -0.325 e. The van der Waals surface area contributed by atoms with Gasteiger partial charge in [0.25, 0.3) is 0 Å². The number of hydrogen-bond donors (Lipinski definition) is 1. The van der Waals surface area contributed by atoms with Crippen molar-refractivity contribution in [3.8, 4) is 0 Å². The van der Waals surface area contributed by atoms with Gasteiger partial charge >= 0.3 is 0 Å². The highest BCUT2D eigenvalue weighted by Gasteiger charge is 2.49. The Morgan fingerprint density at radius 2 is 2.00 bits per heavy atom. The maximum atomic E-state index is 6.12. The molecule has 1 nitrogen and oxygen atoms in total. The minimum atomic E-state index is 0. The number of nitrogens with two attached hydrogens (primary N) is 1. The van der Waals surface area contributed by atoms with Crippen LogP contribution in [0.2, 0.25) is 0 Å². The summed E-state index contributed by atoms with van der Waals surface area (Å²) in [7, 11) is 0. The third kappa shape index (κ3) is 1.87. The first-order chi connectivity index (χ1) is 5.76. The van der Waals surface area contributed by atoms with Crippen LogP contribution in [0.3, 0.4) is 0 Å². The summed E-state index contributed by atoms with van der Waals surface area (Å²) in [5.41, 5.74) is 7.64. The SMILES string of the molecule is CC[C@]1(N)C[C@@H]1c1ccccc1.Cl. The van der Waals surface area contributed by atoms with E-state index >= 15 is 0 Å². The van der Waals surface area contributed by atoms with Crippen LogP contribution in [0.4, 0.5) is 0 Å². The van der Waals surface area contributed by atoms with Gasteiger partial charge in [-0.05, 0) is 18.4 Å². The van der Waals surface area contributed by atoms with E-state index in [1.165, 1.54) is 5.56 Å². The Bertz CT molecular complexity index is 273. The summed E-state index contributed by atoms with van der Waals surface area (Å²) >= 11 is 0. The van der Waals surface area contributed by atoms with E-state index in [2.05, 4.69) is 37.3 Å². The van der Waals surface area contributed by atoms with Crippen molar-refractivity contribution in [1.29, 1.82) is 0 Å². The van der Waals surface area contributed by atoms with Gasteiger partial charge < -0.3 is 5.73 Å². The van der Waals surface area contributed by atoms with Crippen molar-refractivity contribution in [2.45, 2.75) is 31.2 Å². The molecule has 0 aliphatic heterocycles. The first-order valence-corrected chi connectivity index (χ1v) is 4.60. The van der Waals surface area contributed by atoms with Crippen LogP contribution in [0.25, 0.3) is 0 Å². The molecule has 2 N–H and O–H groups in total. The van der Waals surface area contributed by atoms with Gasteiger partial charge in [0, 0.05) is 11.5 Å². The molecule has 2 atom stereocenters. The average molecular weight is 198 g/mol. The molecule has 2 rings (SSSR count). The predicted octanol–water partition coefficient (Wildman–Crippen LogP) is 2.70. The lowest BCUT2D eigenvalue weighted by molar-refractivity contribution is 0.626. The molecule has 1 aliphatic rings. The van der Waals surface area contributed by atoms with Crippen molar-refractivity contribution >= 4 is 12.4 Å². The van der Waals surface area contributed by atoms with Gasteiger partial charge in [-0.1, -0.05) is 37.3 Å². The molecule has 0 heterocycles. The number of halogens is 1. The second-order valence-corrected chi connectivity index (χ2v) is 3.75. The molecule has 2 heteroatoms. The minimum absolute atomic E-state index is 0. The fraction of sp³-hybridized carbons (Fsp3) is 0.455. The first-order valence-electron chi connectivity index (χ1n) is 4.60. The van der Waals surface area contributed by atoms with Crippen LogP contribution in [0.5, 0.6) is 0 Å². The number of benzene rings is 1. The summed E-state index contributed by atoms with van der Waals surface area (Å²) in [6, 6.07) is 10.6. The van der Waals surface area contributed by atoms with Gasteiger partial charge in [-0.3, -0.25) is 0 Å². The molecule has 0 spiro atoms. The van der Waals surface area contributed by atoms with E-state index in [-0.39, 0.29) is 17.9 Å². The van der Waals surface area contributed by atoms with Gasteiger partial charge in [0.05, 0.1) is 0 Å². The molecule has 0 saturated heterocycles. The quantitative estimate of drug-likeness (QED) is 0.775. The van der Waals surface area contributed by atoms with E-state index < -0.39 is 0 Å². The van der Waals surface area contributed by atoms with Gasteiger partial charge in [-0.2, -0.15) is 0 Å². The standard InChI is InChI=1S/C11H15N.ClH/c1-2-11(12)8-10(11)9-6-4-3-5-7-9;/h3-7,10H,2,8,12H2,1H3;1H/t10-,11+;/m1./s1. The lowest BCUT2D eigenvalue weighted by atomic mass is 10.1. The highest BCUT2D eigenvalue weighted by atomic mass is 35.5. The average Bonchev–Trinajstić information content (AvgIpc) is 2.81. The van der Waals surface area contributed by atoms with Crippen LogP contribution < -0.4 is 5.73 Å². The molecule has 0 unspecified atom stereocenters. The van der Waals surface area contributed by atoms with Crippen molar-refractivity contribution in [3.63, 3.8) is 0 Å². The molecular weight excluding hydrogens is 182 g/mol. The zero-order chi connectivity index (χ0) is 8.60. The zero-order valence-corrected chi connectivity index (χ0v) is 8.68. The second-order valence-electron chi connectivity index (χ2n) is 3.75. The lowest BCUT2D eigenvalue weighted by Gasteiger charge is -2.06. The van der Waals surface area contributed by atoms with Gasteiger partial charge in [0.2, 0.25) is 0 Å². The van der Waals surface area contributed by atoms with E-state index in [0.717, 1.165) is 12.8 Å². The molecule has 1 saturated carbocycles. The first kappa shape index (κ1) is 10.6. The highest BCUT2D eigenvalue weighted by molar-refractivity contribution is 5.85. The van der Waals surface area contributed by atoms with Crippen LogP contribution in [0.15, 0.2) is 30.3 Å². The fourth-order valence-corrected chi connectivity index (χ4v) is 1.85. The number of hydrogen-bond acceptors (Lipinski definition) is 1. The summed E-state index contributed by atoms with van der Waals surface area (Å²) in [6.45, 7) is 2.17. The monoisotopic (exact) mass is 197 g/mol. The Kier molecular flexibility index (Phi) is 2.99. The molecule has 1 aromatic rings. The highest BCUT2D eigenvalue weighted by Crippen LogP contribution is 2.51. The largest absolute Gasteiger partial charge is 0.325 e. The molecule has 1 fully saturated rings. The second kappa shape index (κ2) is 3.69. The van der Waals surface area contributed by atoms with E-state index in [1.807, 2.05) is 0 Å². The molecule has 1 aromatic carbocycles. The van der Waals surface area contributed by atoms with Crippen molar-refractivity contribution < 1.29 is 0 Å². The summed E-state index contributed by atoms with van der Waals surface area (Å²) in [6.07, 6.45) is 2.25. The Morgan fingerprint density at radius 1 is 1.38 bits per heavy atom. The molecule has 72 valence electrons. The van der Waals surface area contributed by atoms with E-state index in [0.29, 0.717) is 5.92 Å². The molecule has 0 radical (unpaired) electrons. The third-order valence-corrected chi connectivity index (χ3v) is 2.98. The fourth-order valence-electron chi connectivity index (χ4n) is 1.85. The van der Waals surface area contributed by atoms with E-state index in [9.17, 15) is 0 Å². The summed E-state index contributed by atoms with van der Waals surface area (Å²) in [5, 5.41) is 0. The topological polar surface area (TPSA) is 26.0 Å². The third-order valence-electron chi connectivity index (χ3n) is 2.98. The van der Waals surface area contributed by atoms with Crippen molar-refractivity contribution in [1.82, 2.24) is 0 Å². The van der Waals surface area contributed by atoms with Crippen molar-refractivity contribution in [2.75, 3.05) is 0 Å². The van der Waals surface area contributed by atoms with Gasteiger partial charge in [0.15, 0.2) is 0 Å². The Labute approximate surface area is 85.7 Å². The summed E-state index contributed by atoms with van der Waals surface area (Å²) < 4.78 is 0. The predicted molar refractivity (Wildman–Crippen MR) is 58.3 cm³/mol. The Hall–Kier alpha value is -0.530. The van der Waals surface area contributed by atoms with Crippen molar-refractivity contribution in [3.05, 3.63) is 35.9 Å². The zero-order valence-electron chi connectivity index (χ0n) is 7.86.